The smallest absolute Gasteiger partial charge is 0.0738 e. The maximum Gasteiger partial charge on any atom is 0.0738 e. The summed E-state index contributed by atoms with van der Waals surface area (Å²) in [7, 11) is -0.923. The van der Waals surface area contributed by atoms with E-state index >= 15 is 0 Å². The Balaban J connectivity index is 2.04. The molecule has 0 saturated heterocycles. The van der Waals surface area contributed by atoms with Crippen LogP contribution in [0.5, 0.6) is 0 Å². The lowest BCUT2D eigenvalue weighted by Gasteiger charge is -2.06. The van der Waals surface area contributed by atoms with Gasteiger partial charge < -0.3 is 0 Å². The average Bonchev–Trinajstić information content (AvgIpc) is 2.76. The lowest BCUT2D eigenvalue weighted by atomic mass is 10.0. The van der Waals surface area contributed by atoms with Crippen LogP contribution in [0, 0.1) is 0 Å². The molecular weight excluding hydrogens is 228 g/mol. The second-order valence-electron chi connectivity index (χ2n) is 4.07. The van der Waals surface area contributed by atoms with Crippen molar-refractivity contribution >= 4 is 21.6 Å². The van der Waals surface area contributed by atoms with E-state index < -0.39 is 10.8 Å². The third-order valence-electron chi connectivity index (χ3n) is 2.99. The van der Waals surface area contributed by atoms with Gasteiger partial charge in [0.2, 0.25) is 0 Å². The van der Waals surface area contributed by atoms with Crippen LogP contribution in [-0.4, -0.2) is 4.21 Å². The summed E-state index contributed by atoms with van der Waals surface area (Å²) in [4.78, 5) is 0.987. The molecule has 1 atom stereocenters. The van der Waals surface area contributed by atoms with Crippen molar-refractivity contribution < 1.29 is 4.21 Å². The Morgan fingerprint density at radius 2 is 1.82 bits per heavy atom. The zero-order valence-corrected chi connectivity index (χ0v) is 10.1. The summed E-state index contributed by atoms with van der Waals surface area (Å²) in [6.07, 6.45) is 4.59. The fraction of sp³-hybridized carbons (Fsp3) is 0.0667. The van der Waals surface area contributed by atoms with Crippen LogP contribution in [-0.2, 0) is 17.2 Å². The summed E-state index contributed by atoms with van der Waals surface area (Å²) < 4.78 is 11.7. The monoisotopic (exact) mass is 240 g/mol. The minimum absolute atomic E-state index is 0.765. The molecule has 84 valence electrons. The van der Waals surface area contributed by atoms with Crippen molar-refractivity contribution in [3.8, 4) is 0 Å². The van der Waals surface area contributed by atoms with Gasteiger partial charge in [0.1, 0.15) is 0 Å². The van der Waals surface area contributed by atoms with Crippen molar-refractivity contribution in [3.05, 3.63) is 70.5 Å². The van der Waals surface area contributed by atoms with Gasteiger partial charge in [-0.2, -0.15) is 0 Å². The van der Waals surface area contributed by atoms with Gasteiger partial charge in [0.05, 0.1) is 10.8 Å². The first kappa shape index (κ1) is 10.5. The van der Waals surface area contributed by atoms with E-state index in [4.69, 9.17) is 0 Å². The maximum atomic E-state index is 11.7. The standard InChI is InChI=1S/C15H12OS/c16-17-10-4-8-14(17)11-13-7-3-6-12-5-1-2-9-15(12)13/h1-10H,11H2. The van der Waals surface area contributed by atoms with E-state index in [1.54, 1.807) is 5.41 Å². The Hall–Kier alpha value is -1.67. The maximum absolute atomic E-state index is 11.7. The second kappa shape index (κ2) is 4.30. The molecular formula is C15H12OS. The first-order valence-corrected chi connectivity index (χ1v) is 6.80. The average molecular weight is 240 g/mol. The molecule has 2 aromatic rings. The topological polar surface area (TPSA) is 17.1 Å². The van der Waals surface area contributed by atoms with E-state index in [0.717, 1.165) is 11.3 Å². The molecule has 1 unspecified atom stereocenters. The van der Waals surface area contributed by atoms with E-state index in [1.807, 2.05) is 24.3 Å². The molecule has 0 saturated carbocycles. The van der Waals surface area contributed by atoms with E-state index in [0.29, 0.717) is 0 Å². The predicted molar refractivity (Wildman–Crippen MR) is 73.0 cm³/mol. The van der Waals surface area contributed by atoms with Crippen molar-refractivity contribution in [1.29, 1.82) is 0 Å². The molecule has 1 heterocycles. The highest BCUT2D eigenvalue weighted by atomic mass is 32.2. The summed E-state index contributed by atoms with van der Waals surface area (Å²) in [6, 6.07) is 14.6. The number of hydrogen-bond acceptors (Lipinski definition) is 1. The van der Waals surface area contributed by atoms with Gasteiger partial charge >= 0.3 is 0 Å². The van der Waals surface area contributed by atoms with E-state index in [1.165, 1.54) is 16.3 Å². The van der Waals surface area contributed by atoms with Crippen LogP contribution >= 0.6 is 0 Å². The minimum Gasteiger partial charge on any atom is -0.250 e. The third kappa shape index (κ3) is 1.96. The van der Waals surface area contributed by atoms with Crippen LogP contribution in [0.4, 0.5) is 0 Å². The molecule has 0 aliphatic carbocycles. The zero-order chi connectivity index (χ0) is 11.7. The van der Waals surface area contributed by atoms with Crippen LogP contribution in [0.1, 0.15) is 5.56 Å². The minimum atomic E-state index is -0.923. The number of benzene rings is 2. The zero-order valence-electron chi connectivity index (χ0n) is 9.30. The molecule has 3 rings (SSSR count). The highest BCUT2D eigenvalue weighted by molar-refractivity contribution is 7.92. The third-order valence-corrected chi connectivity index (χ3v) is 4.19. The molecule has 2 aromatic carbocycles. The number of fused-ring (bicyclic) bond motifs is 1. The summed E-state index contributed by atoms with van der Waals surface area (Å²) >= 11 is 0. The highest BCUT2D eigenvalue weighted by Crippen LogP contribution is 2.24. The molecule has 2 heteroatoms. The summed E-state index contributed by atoms with van der Waals surface area (Å²) in [5.41, 5.74) is 1.24. The van der Waals surface area contributed by atoms with Crippen LogP contribution in [0.3, 0.4) is 0 Å². The summed E-state index contributed by atoms with van der Waals surface area (Å²) in [5, 5.41) is 4.22. The van der Waals surface area contributed by atoms with Crippen LogP contribution < -0.4 is 0 Å². The Morgan fingerprint density at radius 1 is 1.00 bits per heavy atom. The molecule has 17 heavy (non-hydrogen) atoms. The second-order valence-corrected chi connectivity index (χ2v) is 5.47. The Labute approximate surface area is 103 Å². The lowest BCUT2D eigenvalue weighted by Crippen LogP contribution is -1.94. The van der Waals surface area contributed by atoms with Gasteiger partial charge in [-0.25, -0.2) is 0 Å². The molecule has 0 amide bonds. The largest absolute Gasteiger partial charge is 0.250 e. The summed E-state index contributed by atoms with van der Waals surface area (Å²) in [6.45, 7) is 0. The van der Waals surface area contributed by atoms with Crippen molar-refractivity contribution in [2.45, 2.75) is 6.42 Å². The first-order chi connectivity index (χ1) is 8.34. The molecule has 1 aliphatic rings. The number of rotatable bonds is 2. The predicted octanol–water partition coefficient (Wildman–Crippen LogP) is 3.54. The Kier molecular flexibility index (Phi) is 2.65. The fourth-order valence-corrected chi connectivity index (χ4v) is 3.04. The highest BCUT2D eigenvalue weighted by Gasteiger charge is 2.10. The van der Waals surface area contributed by atoms with Gasteiger partial charge in [-0.1, -0.05) is 48.5 Å². The van der Waals surface area contributed by atoms with E-state index in [-0.39, 0.29) is 0 Å². The molecule has 0 radical (unpaired) electrons. The number of allylic oxidation sites excluding steroid dienone is 3. The normalized spacial score (nSPS) is 18.6. The fourth-order valence-electron chi connectivity index (χ4n) is 2.14. The Bertz CT molecular complexity index is 648. The molecule has 0 bridgehead atoms. The van der Waals surface area contributed by atoms with Gasteiger partial charge in [-0.15, -0.1) is 0 Å². The van der Waals surface area contributed by atoms with Gasteiger partial charge in [0.15, 0.2) is 0 Å². The van der Waals surface area contributed by atoms with Crippen molar-refractivity contribution in [3.63, 3.8) is 0 Å². The molecule has 0 N–H and O–H groups in total. The van der Waals surface area contributed by atoms with Crippen molar-refractivity contribution in [1.82, 2.24) is 0 Å². The SMILES string of the molecule is O=S1C=CC=C1Cc1cccc2ccccc12. The van der Waals surface area contributed by atoms with Crippen LogP contribution in [0.15, 0.2) is 64.9 Å². The Morgan fingerprint density at radius 3 is 2.65 bits per heavy atom. The molecule has 0 fully saturated rings. The van der Waals surface area contributed by atoms with Gasteiger partial charge in [0.25, 0.3) is 0 Å². The molecule has 1 nitrogen and oxygen atoms in total. The van der Waals surface area contributed by atoms with Gasteiger partial charge in [-0.3, -0.25) is 4.21 Å². The van der Waals surface area contributed by atoms with Crippen molar-refractivity contribution in [2.24, 2.45) is 0 Å². The van der Waals surface area contributed by atoms with Gasteiger partial charge in [0, 0.05) is 16.7 Å². The van der Waals surface area contributed by atoms with Crippen LogP contribution in [0.25, 0.3) is 10.8 Å². The molecule has 0 spiro atoms. The molecule has 1 aliphatic heterocycles. The van der Waals surface area contributed by atoms with Crippen molar-refractivity contribution in [2.75, 3.05) is 0 Å². The van der Waals surface area contributed by atoms with Crippen LogP contribution in [0.2, 0.25) is 0 Å². The summed E-state index contributed by atoms with van der Waals surface area (Å²) in [5.74, 6) is 0. The number of hydrogen-bond donors (Lipinski definition) is 0. The molecule has 0 aromatic heterocycles. The van der Waals surface area contributed by atoms with E-state index in [9.17, 15) is 4.21 Å². The lowest BCUT2D eigenvalue weighted by molar-refractivity contribution is 0.691. The van der Waals surface area contributed by atoms with E-state index in [2.05, 4.69) is 30.3 Å². The quantitative estimate of drug-likeness (QED) is 0.784. The first-order valence-electron chi connectivity index (χ1n) is 5.59. The van der Waals surface area contributed by atoms with Gasteiger partial charge in [-0.05, 0) is 22.4 Å².